The van der Waals surface area contributed by atoms with Crippen LogP contribution in [0.3, 0.4) is 0 Å². The Bertz CT molecular complexity index is 1130. The van der Waals surface area contributed by atoms with E-state index in [1.807, 2.05) is 24.4 Å². The lowest BCUT2D eigenvalue weighted by Gasteiger charge is -2.34. The van der Waals surface area contributed by atoms with E-state index in [9.17, 15) is 0 Å². The molecule has 0 amide bonds. The molecule has 0 fully saturated rings. The highest BCUT2D eigenvalue weighted by Gasteiger charge is 2.24. The summed E-state index contributed by atoms with van der Waals surface area (Å²) in [5, 5.41) is 1.09. The van der Waals surface area contributed by atoms with Crippen LogP contribution in [0.25, 0.3) is 22.3 Å². The van der Waals surface area contributed by atoms with Crippen LogP contribution in [0.4, 0.5) is 5.82 Å². The minimum Gasteiger partial charge on any atom is -0.356 e. The molecular formula is C24H24N4S. The predicted molar refractivity (Wildman–Crippen MR) is 124 cm³/mol. The highest BCUT2D eigenvalue weighted by Crippen LogP contribution is 2.31. The fourth-order valence-electron chi connectivity index (χ4n) is 4.13. The van der Waals surface area contributed by atoms with Gasteiger partial charge in [0.2, 0.25) is 0 Å². The molecule has 5 rings (SSSR count). The number of aryl methyl sites for hydroxylation is 1. The molecule has 2 aromatic heterocycles. The van der Waals surface area contributed by atoms with Crippen LogP contribution in [0.15, 0.2) is 73.1 Å². The molecule has 0 radical (unpaired) electrons. The van der Waals surface area contributed by atoms with E-state index in [-0.39, 0.29) is 13.5 Å². The van der Waals surface area contributed by atoms with E-state index in [4.69, 9.17) is 9.97 Å². The Morgan fingerprint density at radius 3 is 2.52 bits per heavy atom. The predicted octanol–water partition coefficient (Wildman–Crippen LogP) is 4.80. The van der Waals surface area contributed by atoms with Crippen molar-refractivity contribution in [2.45, 2.75) is 25.3 Å². The summed E-state index contributed by atoms with van der Waals surface area (Å²) in [5.74, 6) is 1.72. The van der Waals surface area contributed by atoms with Crippen molar-refractivity contribution in [2.75, 3.05) is 11.9 Å². The number of hydrogen-bond donors (Lipinski definition) is 0. The maximum Gasteiger partial charge on any atom is 0.163 e. The number of para-hydroxylation sites is 1. The molecule has 0 bridgehead atoms. The quantitative estimate of drug-likeness (QED) is 0.495. The van der Waals surface area contributed by atoms with Gasteiger partial charge in [-0.2, -0.15) is 13.5 Å². The van der Waals surface area contributed by atoms with Gasteiger partial charge in [0.15, 0.2) is 5.82 Å². The topological polar surface area (TPSA) is 41.9 Å². The van der Waals surface area contributed by atoms with Crippen LogP contribution in [0.2, 0.25) is 0 Å². The molecule has 0 aliphatic heterocycles. The van der Waals surface area contributed by atoms with Crippen molar-refractivity contribution < 1.29 is 0 Å². The van der Waals surface area contributed by atoms with Gasteiger partial charge in [0.05, 0.1) is 5.52 Å². The summed E-state index contributed by atoms with van der Waals surface area (Å²) in [5.41, 5.74) is 4.85. The molecule has 29 heavy (non-hydrogen) atoms. The highest BCUT2D eigenvalue weighted by atomic mass is 32.1. The first kappa shape index (κ1) is 19.4. The second-order valence-electron chi connectivity index (χ2n) is 7.41. The molecular weight excluding hydrogens is 376 g/mol. The lowest BCUT2D eigenvalue weighted by molar-refractivity contribution is 0.545. The molecule has 0 N–H and O–H groups in total. The molecule has 0 spiro atoms. The van der Waals surface area contributed by atoms with Gasteiger partial charge in [0, 0.05) is 36.4 Å². The standard InChI is InChI=1S/C24H22N4.H2S/c1-28(20-13-12-17-7-2-3-8-18(17)15-20)24-21-10-4-5-11-22(21)26-23(27-24)19-9-6-14-25-16-19;/h2-11,14,16,20H,12-13,15H2,1H3;1H2/t20-;/m0./s1. The van der Waals surface area contributed by atoms with Crippen LogP contribution in [-0.2, 0) is 12.8 Å². The third kappa shape index (κ3) is 3.70. The first-order chi connectivity index (χ1) is 13.8. The van der Waals surface area contributed by atoms with Crippen LogP contribution in [-0.4, -0.2) is 28.0 Å². The molecule has 1 atom stereocenters. The summed E-state index contributed by atoms with van der Waals surface area (Å²) >= 11 is 0. The zero-order valence-electron chi connectivity index (χ0n) is 16.4. The summed E-state index contributed by atoms with van der Waals surface area (Å²) in [6.07, 6.45) is 6.90. The number of anilines is 1. The molecule has 0 saturated carbocycles. The van der Waals surface area contributed by atoms with Crippen molar-refractivity contribution in [1.82, 2.24) is 15.0 Å². The molecule has 5 heteroatoms. The Morgan fingerprint density at radius 2 is 1.69 bits per heavy atom. The number of hydrogen-bond acceptors (Lipinski definition) is 4. The van der Waals surface area contributed by atoms with Crippen LogP contribution in [0, 0.1) is 0 Å². The lowest BCUT2D eigenvalue weighted by atomic mass is 9.87. The second kappa shape index (κ2) is 8.21. The van der Waals surface area contributed by atoms with E-state index >= 15 is 0 Å². The Morgan fingerprint density at radius 1 is 0.897 bits per heavy atom. The summed E-state index contributed by atoms with van der Waals surface area (Å²) in [4.78, 5) is 16.4. The SMILES string of the molecule is CN(c1nc(-c2cccnc2)nc2ccccc12)[C@H]1CCc2ccccc2C1.S. The monoisotopic (exact) mass is 400 g/mol. The molecule has 2 aromatic carbocycles. The maximum absolute atomic E-state index is 4.98. The van der Waals surface area contributed by atoms with Crippen molar-refractivity contribution in [3.05, 3.63) is 84.2 Å². The van der Waals surface area contributed by atoms with Gasteiger partial charge in [-0.25, -0.2) is 9.97 Å². The fourth-order valence-corrected chi connectivity index (χ4v) is 4.13. The van der Waals surface area contributed by atoms with Gasteiger partial charge < -0.3 is 4.90 Å². The van der Waals surface area contributed by atoms with Gasteiger partial charge in [-0.1, -0.05) is 36.4 Å². The van der Waals surface area contributed by atoms with Crippen LogP contribution < -0.4 is 4.90 Å². The summed E-state index contributed by atoms with van der Waals surface area (Å²) in [7, 11) is 2.17. The minimum atomic E-state index is 0. The number of nitrogens with zero attached hydrogens (tertiary/aromatic N) is 4. The van der Waals surface area contributed by atoms with E-state index < -0.39 is 0 Å². The fraction of sp³-hybridized carbons (Fsp3) is 0.208. The smallest absolute Gasteiger partial charge is 0.163 e. The molecule has 4 aromatic rings. The van der Waals surface area contributed by atoms with E-state index in [0.29, 0.717) is 6.04 Å². The molecule has 146 valence electrons. The summed E-state index contributed by atoms with van der Waals surface area (Å²) in [6.45, 7) is 0. The zero-order valence-corrected chi connectivity index (χ0v) is 17.4. The molecule has 2 heterocycles. The Balaban J connectivity index is 0.00000205. The molecule has 1 aliphatic carbocycles. The van der Waals surface area contributed by atoms with E-state index in [1.165, 1.54) is 11.1 Å². The maximum atomic E-state index is 4.98. The van der Waals surface area contributed by atoms with Crippen molar-refractivity contribution in [2.24, 2.45) is 0 Å². The number of pyridine rings is 1. The minimum absolute atomic E-state index is 0. The number of rotatable bonds is 3. The average molecular weight is 401 g/mol. The van der Waals surface area contributed by atoms with E-state index in [0.717, 1.165) is 47.4 Å². The zero-order chi connectivity index (χ0) is 18.9. The Hall–Kier alpha value is -2.92. The van der Waals surface area contributed by atoms with E-state index in [1.54, 1.807) is 6.20 Å². The third-order valence-electron chi connectivity index (χ3n) is 5.71. The third-order valence-corrected chi connectivity index (χ3v) is 5.71. The van der Waals surface area contributed by atoms with Gasteiger partial charge in [-0.05, 0) is 54.7 Å². The Kier molecular flexibility index (Phi) is 5.49. The summed E-state index contributed by atoms with van der Waals surface area (Å²) < 4.78 is 0. The Labute approximate surface area is 178 Å². The lowest BCUT2D eigenvalue weighted by Crippen LogP contribution is -2.37. The second-order valence-corrected chi connectivity index (χ2v) is 7.41. The molecule has 4 nitrogen and oxygen atoms in total. The summed E-state index contributed by atoms with van der Waals surface area (Å²) in [6, 6.07) is 21.4. The molecule has 0 saturated heterocycles. The van der Waals surface area contributed by atoms with Crippen molar-refractivity contribution in [1.29, 1.82) is 0 Å². The van der Waals surface area contributed by atoms with Crippen molar-refractivity contribution in [3.63, 3.8) is 0 Å². The number of fused-ring (bicyclic) bond motifs is 2. The van der Waals surface area contributed by atoms with Gasteiger partial charge in [0.25, 0.3) is 0 Å². The normalized spacial score (nSPS) is 15.4. The van der Waals surface area contributed by atoms with E-state index in [2.05, 4.69) is 59.4 Å². The largest absolute Gasteiger partial charge is 0.356 e. The van der Waals surface area contributed by atoms with Gasteiger partial charge in [0.1, 0.15) is 5.82 Å². The first-order valence-electron chi connectivity index (χ1n) is 9.76. The number of likely N-dealkylation sites (N-methyl/N-ethyl adjacent to an activating group) is 1. The van der Waals surface area contributed by atoms with Crippen LogP contribution in [0.5, 0.6) is 0 Å². The van der Waals surface area contributed by atoms with Gasteiger partial charge in [-0.3, -0.25) is 4.98 Å². The van der Waals surface area contributed by atoms with Crippen LogP contribution in [0.1, 0.15) is 17.5 Å². The molecule has 1 aliphatic rings. The number of aromatic nitrogens is 3. The number of benzene rings is 2. The highest BCUT2D eigenvalue weighted by molar-refractivity contribution is 7.59. The van der Waals surface area contributed by atoms with Crippen molar-refractivity contribution in [3.8, 4) is 11.4 Å². The van der Waals surface area contributed by atoms with Gasteiger partial charge in [-0.15, -0.1) is 0 Å². The molecule has 0 unspecified atom stereocenters. The first-order valence-corrected chi connectivity index (χ1v) is 9.76. The van der Waals surface area contributed by atoms with Crippen molar-refractivity contribution >= 4 is 30.2 Å². The average Bonchev–Trinajstić information content (AvgIpc) is 2.78. The van der Waals surface area contributed by atoms with Crippen LogP contribution >= 0.6 is 13.5 Å². The van der Waals surface area contributed by atoms with Gasteiger partial charge >= 0.3 is 0 Å².